The maximum atomic E-state index is 12.1. The highest BCUT2D eigenvalue weighted by Gasteiger charge is 2.19. The van der Waals surface area contributed by atoms with Crippen LogP contribution in [0.25, 0.3) is 0 Å². The highest BCUT2D eigenvalue weighted by molar-refractivity contribution is 7.85. The molecule has 0 atom stereocenters. The highest BCUT2D eigenvalue weighted by Crippen LogP contribution is 2.10. The molecule has 1 amide bonds. The number of carbonyl (C=O) groups excluding carboxylic acids is 1. The van der Waals surface area contributed by atoms with E-state index in [1.54, 1.807) is 0 Å². The summed E-state index contributed by atoms with van der Waals surface area (Å²) in [6.07, 6.45) is 11.5. The van der Waals surface area contributed by atoms with Gasteiger partial charge in [-0.05, 0) is 12.5 Å². The molecule has 0 aliphatic rings. The van der Waals surface area contributed by atoms with Gasteiger partial charge < -0.3 is 13.9 Å². The normalized spacial score (nSPS) is 12.1. The van der Waals surface area contributed by atoms with Gasteiger partial charge in [-0.2, -0.15) is 0 Å². The van der Waals surface area contributed by atoms with Gasteiger partial charge in [-0.25, -0.2) is 8.42 Å². The lowest BCUT2D eigenvalue weighted by Gasteiger charge is -2.32. The van der Waals surface area contributed by atoms with Crippen molar-refractivity contribution in [1.29, 1.82) is 0 Å². The first-order valence-corrected chi connectivity index (χ1v) is 11.9. The number of unbranched alkanes of at least 4 members (excludes halogenated alkanes) is 7. The summed E-state index contributed by atoms with van der Waals surface area (Å²) in [4.78, 5) is 13.9. The van der Waals surface area contributed by atoms with E-state index in [2.05, 4.69) is 13.5 Å². The molecular weight excluding hydrogens is 364 g/mol. The molecule has 0 heterocycles. The third kappa shape index (κ3) is 15.8. The Balaban J connectivity index is 4.18. The van der Waals surface area contributed by atoms with E-state index in [1.165, 1.54) is 44.6 Å². The Bertz CT molecular complexity index is 518. The average molecular weight is 405 g/mol. The van der Waals surface area contributed by atoms with Crippen LogP contribution < -0.4 is 0 Å². The van der Waals surface area contributed by atoms with Crippen LogP contribution in [0, 0.1) is 0 Å². The number of amides is 1. The third-order valence-electron chi connectivity index (χ3n) is 4.90. The Kier molecular flexibility index (Phi) is 13.6. The second-order valence-corrected chi connectivity index (χ2v) is 9.53. The lowest BCUT2D eigenvalue weighted by atomic mass is 10.1. The second kappa shape index (κ2) is 14.1. The number of carbonyl (C=O) groups is 1. The molecule has 0 saturated heterocycles. The lowest BCUT2D eigenvalue weighted by Crippen LogP contribution is -2.47. The Hall–Kier alpha value is -0.920. The van der Waals surface area contributed by atoms with Crippen molar-refractivity contribution in [3.05, 3.63) is 12.7 Å². The minimum absolute atomic E-state index is 0.0555. The number of hydrogen-bond donors (Lipinski definition) is 0. The van der Waals surface area contributed by atoms with Crippen molar-refractivity contribution in [3.63, 3.8) is 0 Å². The van der Waals surface area contributed by atoms with Crippen LogP contribution >= 0.6 is 0 Å². The van der Waals surface area contributed by atoms with Crippen molar-refractivity contribution < 1.29 is 22.2 Å². The Morgan fingerprint density at radius 2 is 1.52 bits per heavy atom. The Labute approximate surface area is 167 Å². The second-order valence-electron chi connectivity index (χ2n) is 8.00. The fourth-order valence-corrected chi connectivity index (χ4v) is 3.55. The molecule has 0 aliphatic carbocycles. The van der Waals surface area contributed by atoms with Gasteiger partial charge in [0.2, 0.25) is 5.91 Å². The van der Waals surface area contributed by atoms with E-state index in [4.69, 9.17) is 0 Å². The first-order valence-electron chi connectivity index (χ1n) is 10.3. The fourth-order valence-electron chi connectivity index (χ4n) is 3.07. The average Bonchev–Trinajstić information content (AvgIpc) is 2.57. The largest absolute Gasteiger partial charge is 0.748 e. The smallest absolute Gasteiger partial charge is 0.246 e. The van der Waals surface area contributed by atoms with Crippen LogP contribution in [-0.2, 0) is 14.9 Å². The third-order valence-corrected chi connectivity index (χ3v) is 5.69. The van der Waals surface area contributed by atoms with Gasteiger partial charge in [0.1, 0.15) is 0 Å². The van der Waals surface area contributed by atoms with Crippen LogP contribution in [0.3, 0.4) is 0 Å². The predicted octanol–water partition coefficient (Wildman–Crippen LogP) is 3.15. The molecule has 0 saturated carbocycles. The van der Waals surface area contributed by atoms with Gasteiger partial charge in [-0.1, -0.05) is 58.4 Å². The van der Waals surface area contributed by atoms with Crippen LogP contribution in [0.2, 0.25) is 0 Å². The molecular formula is C20H40N2O4S. The molecule has 0 radical (unpaired) electrons. The number of likely N-dealkylation sites (N-methyl/N-ethyl adjacent to an activating group) is 1. The minimum Gasteiger partial charge on any atom is -0.748 e. The monoisotopic (exact) mass is 404 g/mol. The zero-order valence-corrected chi connectivity index (χ0v) is 18.4. The van der Waals surface area contributed by atoms with E-state index < -0.39 is 10.1 Å². The standard InChI is InChI=1S/C20H40N2O4S/c1-5-7-8-9-10-11-12-13-15-21(20(23)6-2)16-18-22(3,4)17-14-19-27(24,25)26/h6H,2,5,7-19H2,1,3-4H3. The van der Waals surface area contributed by atoms with Crippen molar-refractivity contribution in [2.45, 2.75) is 64.7 Å². The Morgan fingerprint density at radius 3 is 2.04 bits per heavy atom. The quantitative estimate of drug-likeness (QED) is 0.161. The van der Waals surface area contributed by atoms with Crippen LogP contribution in [-0.4, -0.2) is 74.3 Å². The van der Waals surface area contributed by atoms with Crippen molar-refractivity contribution in [2.24, 2.45) is 0 Å². The molecule has 27 heavy (non-hydrogen) atoms. The summed E-state index contributed by atoms with van der Waals surface area (Å²) in [5, 5.41) is 0. The predicted molar refractivity (Wildman–Crippen MR) is 110 cm³/mol. The summed E-state index contributed by atoms with van der Waals surface area (Å²) in [7, 11) is -0.177. The van der Waals surface area contributed by atoms with Crippen LogP contribution in [0.1, 0.15) is 64.7 Å². The van der Waals surface area contributed by atoms with E-state index in [-0.39, 0.29) is 11.7 Å². The number of rotatable bonds is 17. The first-order chi connectivity index (χ1) is 12.6. The summed E-state index contributed by atoms with van der Waals surface area (Å²) in [5.74, 6) is -0.387. The van der Waals surface area contributed by atoms with Crippen LogP contribution in [0.4, 0.5) is 0 Å². The minimum atomic E-state index is -4.16. The summed E-state index contributed by atoms with van der Waals surface area (Å²) < 4.78 is 32.8. The summed E-state index contributed by atoms with van der Waals surface area (Å²) in [5.41, 5.74) is 0. The number of quaternary nitrogens is 1. The molecule has 0 spiro atoms. The van der Waals surface area contributed by atoms with Crippen LogP contribution in [0.5, 0.6) is 0 Å². The van der Waals surface area contributed by atoms with Gasteiger partial charge in [0, 0.05) is 18.7 Å². The lowest BCUT2D eigenvalue weighted by molar-refractivity contribution is -0.889. The zero-order valence-electron chi connectivity index (χ0n) is 17.6. The maximum Gasteiger partial charge on any atom is 0.246 e. The molecule has 0 aromatic rings. The molecule has 0 aromatic carbocycles. The maximum absolute atomic E-state index is 12.1. The van der Waals surface area contributed by atoms with Gasteiger partial charge in [-0.15, -0.1) is 0 Å². The molecule has 7 heteroatoms. The van der Waals surface area contributed by atoms with E-state index in [9.17, 15) is 17.8 Å². The molecule has 0 aromatic heterocycles. The molecule has 0 aliphatic heterocycles. The van der Waals surface area contributed by atoms with Gasteiger partial charge in [-0.3, -0.25) is 4.79 Å². The van der Waals surface area contributed by atoms with Crippen molar-refractivity contribution in [3.8, 4) is 0 Å². The molecule has 0 bridgehead atoms. The van der Waals surface area contributed by atoms with Gasteiger partial charge in [0.15, 0.2) is 0 Å². The zero-order chi connectivity index (χ0) is 20.8. The number of nitrogens with zero attached hydrogens (tertiary/aromatic N) is 2. The van der Waals surface area contributed by atoms with Crippen molar-refractivity contribution in [1.82, 2.24) is 4.90 Å². The SMILES string of the molecule is C=CC(=O)N(CCCCCCCCCC)CC[N+](C)(C)CCCS(=O)(=O)[O-]. The van der Waals surface area contributed by atoms with Gasteiger partial charge >= 0.3 is 0 Å². The molecule has 6 nitrogen and oxygen atoms in total. The number of hydrogen-bond acceptors (Lipinski definition) is 4. The van der Waals surface area contributed by atoms with E-state index >= 15 is 0 Å². The summed E-state index contributed by atoms with van der Waals surface area (Å²) in [6, 6.07) is 0. The molecule has 0 fully saturated rings. The topological polar surface area (TPSA) is 77.5 Å². The molecule has 0 rings (SSSR count). The molecule has 0 unspecified atom stereocenters. The summed E-state index contributed by atoms with van der Waals surface area (Å²) >= 11 is 0. The van der Waals surface area contributed by atoms with Crippen molar-refractivity contribution >= 4 is 16.0 Å². The first kappa shape index (κ1) is 26.1. The van der Waals surface area contributed by atoms with Crippen LogP contribution in [0.15, 0.2) is 12.7 Å². The van der Waals surface area contributed by atoms with E-state index in [0.29, 0.717) is 24.0 Å². The van der Waals surface area contributed by atoms with Gasteiger partial charge in [0.25, 0.3) is 0 Å². The van der Waals surface area contributed by atoms with Crippen molar-refractivity contribution in [2.75, 3.05) is 46.0 Å². The van der Waals surface area contributed by atoms with Gasteiger partial charge in [0.05, 0.1) is 43.8 Å². The fraction of sp³-hybridized carbons (Fsp3) is 0.850. The summed E-state index contributed by atoms with van der Waals surface area (Å²) in [6.45, 7) is 8.46. The Morgan fingerprint density at radius 1 is 0.963 bits per heavy atom. The molecule has 0 N–H and O–H groups in total. The molecule has 160 valence electrons. The van der Waals surface area contributed by atoms with E-state index in [1.807, 2.05) is 19.0 Å². The van der Waals surface area contributed by atoms with E-state index in [0.717, 1.165) is 25.9 Å². The highest BCUT2D eigenvalue weighted by atomic mass is 32.2.